The molecule has 4 nitrogen and oxygen atoms in total. The zero-order valence-corrected chi connectivity index (χ0v) is 15.7. The van der Waals surface area contributed by atoms with Crippen molar-refractivity contribution in [1.29, 1.82) is 0 Å². The standard InChI is InChI=1S/C22H26FN3O/c1-16-2-4-17(5-3-16)21(18-6-8-19(23)9-7-18)26-13-11-22(15-26)14-24-12-10-20(22)25-27/h2-9,21,24,27H,10-15H2,1H3/b25-20+/t21?,22-/m0/s1. The Labute approximate surface area is 159 Å². The molecule has 0 amide bonds. The lowest BCUT2D eigenvalue weighted by Crippen LogP contribution is -2.49. The Morgan fingerprint density at radius 2 is 1.78 bits per heavy atom. The van der Waals surface area contributed by atoms with Crippen LogP contribution >= 0.6 is 0 Å². The molecule has 0 aromatic heterocycles. The van der Waals surface area contributed by atoms with Gasteiger partial charge in [-0.05, 0) is 36.6 Å². The van der Waals surface area contributed by atoms with Crippen LogP contribution in [0.2, 0.25) is 0 Å². The lowest BCUT2D eigenvalue weighted by molar-refractivity contribution is 0.242. The average Bonchev–Trinajstić information content (AvgIpc) is 3.09. The topological polar surface area (TPSA) is 47.9 Å². The molecule has 1 spiro atoms. The van der Waals surface area contributed by atoms with Gasteiger partial charge in [0.1, 0.15) is 5.82 Å². The van der Waals surface area contributed by atoms with Crippen molar-refractivity contribution >= 4 is 5.71 Å². The number of halogens is 1. The fraction of sp³-hybridized carbons (Fsp3) is 0.409. The molecule has 0 aliphatic carbocycles. The van der Waals surface area contributed by atoms with Gasteiger partial charge in [-0.3, -0.25) is 4.90 Å². The summed E-state index contributed by atoms with van der Waals surface area (Å²) in [6.07, 6.45) is 1.75. The Bertz CT molecular complexity index is 773. The van der Waals surface area contributed by atoms with Gasteiger partial charge < -0.3 is 10.5 Å². The van der Waals surface area contributed by atoms with E-state index < -0.39 is 0 Å². The maximum Gasteiger partial charge on any atom is 0.123 e. The lowest BCUT2D eigenvalue weighted by Gasteiger charge is -2.36. The van der Waals surface area contributed by atoms with Crippen molar-refractivity contribution in [2.75, 3.05) is 26.2 Å². The highest BCUT2D eigenvalue weighted by atomic mass is 19.1. The second-order valence-corrected chi connectivity index (χ2v) is 7.84. The third kappa shape index (κ3) is 3.49. The van der Waals surface area contributed by atoms with Gasteiger partial charge in [0.15, 0.2) is 0 Å². The van der Waals surface area contributed by atoms with Crippen LogP contribution in [-0.2, 0) is 0 Å². The molecule has 142 valence electrons. The highest BCUT2D eigenvalue weighted by molar-refractivity contribution is 5.91. The number of piperidine rings is 1. The van der Waals surface area contributed by atoms with Crippen LogP contribution in [0.25, 0.3) is 0 Å². The molecular weight excluding hydrogens is 341 g/mol. The molecule has 0 radical (unpaired) electrons. The van der Waals surface area contributed by atoms with Gasteiger partial charge in [0.25, 0.3) is 0 Å². The monoisotopic (exact) mass is 367 g/mol. The Morgan fingerprint density at radius 3 is 2.44 bits per heavy atom. The summed E-state index contributed by atoms with van der Waals surface area (Å²) in [6, 6.07) is 15.5. The van der Waals surface area contributed by atoms with Crippen LogP contribution in [0.5, 0.6) is 0 Å². The number of rotatable bonds is 3. The van der Waals surface area contributed by atoms with Crippen LogP contribution < -0.4 is 5.32 Å². The molecule has 2 N–H and O–H groups in total. The number of likely N-dealkylation sites (tertiary alicyclic amines) is 1. The number of hydrogen-bond acceptors (Lipinski definition) is 4. The highest BCUT2D eigenvalue weighted by Gasteiger charge is 2.46. The zero-order chi connectivity index (χ0) is 18.9. The molecule has 2 fully saturated rings. The summed E-state index contributed by atoms with van der Waals surface area (Å²) < 4.78 is 13.5. The Morgan fingerprint density at radius 1 is 1.11 bits per heavy atom. The third-order valence-electron chi connectivity index (χ3n) is 6.06. The third-order valence-corrected chi connectivity index (χ3v) is 6.06. The highest BCUT2D eigenvalue weighted by Crippen LogP contribution is 2.41. The number of benzene rings is 2. The summed E-state index contributed by atoms with van der Waals surface area (Å²) in [5, 5.41) is 16.6. The normalized spacial score (nSPS) is 25.9. The first-order valence-electron chi connectivity index (χ1n) is 9.59. The lowest BCUT2D eigenvalue weighted by atomic mass is 9.78. The molecule has 2 heterocycles. The molecular formula is C22H26FN3O. The number of nitrogens with zero attached hydrogens (tertiary/aromatic N) is 2. The number of aryl methyl sites for hydroxylation is 1. The second-order valence-electron chi connectivity index (χ2n) is 7.84. The van der Waals surface area contributed by atoms with E-state index in [0.717, 1.165) is 50.3 Å². The van der Waals surface area contributed by atoms with Crippen molar-refractivity contribution in [1.82, 2.24) is 10.2 Å². The molecule has 2 aliphatic rings. The second kappa shape index (κ2) is 7.41. The van der Waals surface area contributed by atoms with Gasteiger partial charge >= 0.3 is 0 Å². The Balaban J connectivity index is 1.69. The summed E-state index contributed by atoms with van der Waals surface area (Å²) in [5.41, 5.74) is 4.31. The van der Waals surface area contributed by atoms with E-state index in [0.29, 0.717) is 0 Å². The molecule has 5 heteroatoms. The minimum atomic E-state index is -0.217. The molecule has 2 saturated heterocycles. The summed E-state index contributed by atoms with van der Waals surface area (Å²) in [5.74, 6) is -0.217. The first-order valence-corrected chi connectivity index (χ1v) is 9.59. The molecule has 0 bridgehead atoms. The summed E-state index contributed by atoms with van der Waals surface area (Å²) >= 11 is 0. The van der Waals surface area contributed by atoms with Crippen molar-refractivity contribution in [3.63, 3.8) is 0 Å². The summed E-state index contributed by atoms with van der Waals surface area (Å²) in [4.78, 5) is 2.44. The predicted octanol–water partition coefficient (Wildman–Crippen LogP) is 3.74. The molecule has 27 heavy (non-hydrogen) atoms. The maximum absolute atomic E-state index is 13.5. The number of nitrogens with one attached hydrogen (secondary N) is 1. The maximum atomic E-state index is 13.5. The molecule has 2 atom stereocenters. The van der Waals surface area contributed by atoms with E-state index in [4.69, 9.17) is 0 Å². The minimum absolute atomic E-state index is 0.0624. The van der Waals surface area contributed by atoms with Crippen LogP contribution in [0.1, 0.15) is 35.6 Å². The van der Waals surface area contributed by atoms with Gasteiger partial charge in [0.05, 0.1) is 11.8 Å². The van der Waals surface area contributed by atoms with Crippen molar-refractivity contribution in [3.8, 4) is 0 Å². The smallest absolute Gasteiger partial charge is 0.123 e. The van der Waals surface area contributed by atoms with Crippen LogP contribution in [0.15, 0.2) is 53.7 Å². The molecule has 1 unspecified atom stereocenters. The van der Waals surface area contributed by atoms with Crippen molar-refractivity contribution in [2.24, 2.45) is 10.6 Å². The summed E-state index contributed by atoms with van der Waals surface area (Å²) in [6.45, 7) is 5.53. The first-order chi connectivity index (χ1) is 13.1. The number of hydrogen-bond donors (Lipinski definition) is 2. The van der Waals surface area contributed by atoms with E-state index in [1.54, 1.807) is 0 Å². The fourth-order valence-corrected chi connectivity index (χ4v) is 4.57. The van der Waals surface area contributed by atoms with E-state index in [1.807, 2.05) is 12.1 Å². The van der Waals surface area contributed by atoms with Gasteiger partial charge in [0, 0.05) is 38.0 Å². The van der Waals surface area contributed by atoms with Crippen molar-refractivity contribution in [2.45, 2.75) is 25.8 Å². The van der Waals surface area contributed by atoms with Gasteiger partial charge in [-0.1, -0.05) is 47.1 Å². The summed E-state index contributed by atoms with van der Waals surface area (Å²) in [7, 11) is 0. The van der Waals surface area contributed by atoms with Crippen LogP contribution in [0, 0.1) is 18.2 Å². The SMILES string of the molecule is Cc1ccc(C(c2ccc(F)cc2)N2CC[C@]3(CNCC/C3=N\O)C2)cc1. The molecule has 2 aliphatic heterocycles. The van der Waals surface area contributed by atoms with E-state index >= 15 is 0 Å². The largest absolute Gasteiger partial charge is 0.411 e. The van der Waals surface area contributed by atoms with Gasteiger partial charge in [0.2, 0.25) is 0 Å². The Hall–Kier alpha value is -2.24. The van der Waals surface area contributed by atoms with Gasteiger partial charge in [-0.2, -0.15) is 0 Å². The zero-order valence-electron chi connectivity index (χ0n) is 15.7. The van der Waals surface area contributed by atoms with Crippen LogP contribution in [-0.4, -0.2) is 42.0 Å². The van der Waals surface area contributed by atoms with Gasteiger partial charge in [-0.15, -0.1) is 0 Å². The molecule has 4 rings (SSSR count). The minimum Gasteiger partial charge on any atom is -0.411 e. The quantitative estimate of drug-likeness (QED) is 0.642. The molecule has 0 saturated carbocycles. The fourth-order valence-electron chi connectivity index (χ4n) is 4.57. The van der Waals surface area contributed by atoms with Gasteiger partial charge in [-0.25, -0.2) is 4.39 Å². The predicted molar refractivity (Wildman–Crippen MR) is 105 cm³/mol. The first kappa shape index (κ1) is 18.1. The van der Waals surface area contributed by atoms with Crippen LogP contribution in [0.3, 0.4) is 0 Å². The van der Waals surface area contributed by atoms with E-state index in [1.165, 1.54) is 23.3 Å². The van der Waals surface area contributed by atoms with Crippen LogP contribution in [0.4, 0.5) is 4.39 Å². The average molecular weight is 367 g/mol. The number of oxime groups is 1. The van der Waals surface area contributed by atoms with Crippen molar-refractivity contribution < 1.29 is 9.60 Å². The van der Waals surface area contributed by atoms with Crippen molar-refractivity contribution in [3.05, 3.63) is 71.0 Å². The van der Waals surface area contributed by atoms with E-state index in [9.17, 15) is 9.60 Å². The van der Waals surface area contributed by atoms with E-state index in [2.05, 4.69) is 46.6 Å². The molecule has 2 aromatic rings. The van der Waals surface area contributed by atoms with E-state index in [-0.39, 0.29) is 17.3 Å². The Kier molecular flexibility index (Phi) is 4.98. The molecule has 2 aromatic carbocycles.